The minimum Gasteiger partial charge on any atom is -0.374 e. The molecule has 118 valence electrons. The number of hydrogen-bond donors (Lipinski definition) is 0. The van der Waals surface area contributed by atoms with E-state index < -0.39 is 0 Å². The Balaban J connectivity index is 1.96. The van der Waals surface area contributed by atoms with Gasteiger partial charge in [0, 0.05) is 0 Å². The summed E-state index contributed by atoms with van der Waals surface area (Å²) < 4.78 is 6.72. The molecule has 2 aliphatic carbocycles. The van der Waals surface area contributed by atoms with Crippen molar-refractivity contribution in [3.63, 3.8) is 0 Å². The van der Waals surface area contributed by atoms with Crippen LogP contribution in [0.3, 0.4) is 0 Å². The molecule has 1 heterocycles. The molecule has 3 aliphatic rings. The lowest BCUT2D eigenvalue weighted by Gasteiger charge is -2.50. The molecular formula is C19H33BO. The predicted octanol–water partition coefficient (Wildman–Crippen LogP) is 4.42. The van der Waals surface area contributed by atoms with Crippen LogP contribution < -0.4 is 0 Å². The summed E-state index contributed by atoms with van der Waals surface area (Å²) in [5.74, 6) is 6.46. The van der Waals surface area contributed by atoms with Crippen LogP contribution in [0.2, 0.25) is 5.82 Å². The van der Waals surface area contributed by atoms with Crippen molar-refractivity contribution in [2.45, 2.75) is 66.5 Å². The Morgan fingerprint density at radius 3 is 1.52 bits per heavy atom. The van der Waals surface area contributed by atoms with E-state index >= 15 is 0 Å². The van der Waals surface area contributed by atoms with Crippen molar-refractivity contribution in [1.82, 2.24) is 0 Å². The third kappa shape index (κ3) is 2.07. The lowest BCUT2D eigenvalue weighted by atomic mass is 9.50. The van der Waals surface area contributed by atoms with E-state index in [1.54, 1.807) is 0 Å². The molecule has 0 bridgehead atoms. The van der Waals surface area contributed by atoms with Crippen LogP contribution >= 0.6 is 0 Å². The molecule has 1 nitrogen and oxygen atoms in total. The van der Waals surface area contributed by atoms with Crippen LogP contribution in [0.1, 0.15) is 48.5 Å². The van der Waals surface area contributed by atoms with Gasteiger partial charge < -0.3 is 4.74 Å². The largest absolute Gasteiger partial charge is 0.374 e. The molecular weight excluding hydrogens is 255 g/mol. The summed E-state index contributed by atoms with van der Waals surface area (Å²) in [5.41, 5.74) is 0. The molecule has 2 heteroatoms. The first-order valence-electron chi connectivity index (χ1n) is 9.18. The first-order chi connectivity index (χ1) is 9.77. The molecule has 0 spiro atoms. The minimum atomic E-state index is 0.334. The molecule has 1 saturated heterocycles. The molecule has 12 unspecified atom stereocenters. The maximum absolute atomic E-state index is 6.72. The van der Waals surface area contributed by atoms with Crippen molar-refractivity contribution in [2.75, 3.05) is 0 Å². The van der Waals surface area contributed by atoms with Crippen molar-refractivity contribution < 1.29 is 4.74 Å². The molecule has 0 N–H and O–H groups in total. The van der Waals surface area contributed by atoms with Gasteiger partial charge in [0.15, 0.2) is 0 Å². The Morgan fingerprint density at radius 2 is 0.952 bits per heavy atom. The quantitative estimate of drug-likeness (QED) is 0.599. The van der Waals surface area contributed by atoms with Gasteiger partial charge >= 0.3 is 0 Å². The second-order valence-corrected chi connectivity index (χ2v) is 8.81. The zero-order valence-corrected chi connectivity index (χ0v) is 14.9. The fourth-order valence-electron chi connectivity index (χ4n) is 6.04. The van der Waals surface area contributed by atoms with Gasteiger partial charge in [0.2, 0.25) is 0 Å². The number of rotatable bonds is 0. The van der Waals surface area contributed by atoms with Gasteiger partial charge in [-0.1, -0.05) is 54.3 Å². The van der Waals surface area contributed by atoms with Gasteiger partial charge in [-0.25, -0.2) is 0 Å². The van der Waals surface area contributed by atoms with Crippen molar-refractivity contribution >= 4 is 7.85 Å². The van der Waals surface area contributed by atoms with Gasteiger partial charge in [0.1, 0.15) is 0 Å². The summed E-state index contributed by atoms with van der Waals surface area (Å²) in [5, 5.41) is 0. The third-order valence-corrected chi connectivity index (χ3v) is 8.30. The average molecular weight is 288 g/mol. The summed E-state index contributed by atoms with van der Waals surface area (Å²) in [4.78, 5) is 0. The lowest BCUT2D eigenvalue weighted by Crippen LogP contribution is -2.48. The highest BCUT2D eigenvalue weighted by Crippen LogP contribution is 2.59. The van der Waals surface area contributed by atoms with Crippen LogP contribution in [0.25, 0.3) is 0 Å². The molecule has 2 radical (unpaired) electrons. The van der Waals surface area contributed by atoms with Gasteiger partial charge in [-0.2, -0.15) is 0 Å². The van der Waals surface area contributed by atoms with Gasteiger partial charge in [-0.3, -0.25) is 0 Å². The van der Waals surface area contributed by atoms with E-state index in [9.17, 15) is 0 Å². The van der Waals surface area contributed by atoms with Gasteiger partial charge in [-0.05, 0) is 53.3 Å². The van der Waals surface area contributed by atoms with Crippen molar-refractivity contribution in [2.24, 2.45) is 53.3 Å². The molecule has 0 amide bonds. The molecule has 21 heavy (non-hydrogen) atoms. The van der Waals surface area contributed by atoms with E-state index in [2.05, 4.69) is 48.5 Å². The molecule has 2 saturated carbocycles. The normalized spacial score (nSPS) is 64.0. The Kier molecular flexibility index (Phi) is 4.00. The van der Waals surface area contributed by atoms with Crippen LogP contribution in [0.5, 0.6) is 0 Å². The Hall–Kier alpha value is 0.0249. The van der Waals surface area contributed by atoms with Crippen molar-refractivity contribution in [1.29, 1.82) is 0 Å². The van der Waals surface area contributed by atoms with Crippen LogP contribution in [0.15, 0.2) is 0 Å². The van der Waals surface area contributed by atoms with E-state index in [4.69, 9.17) is 12.6 Å². The summed E-state index contributed by atoms with van der Waals surface area (Å²) in [6, 6.07) is 0. The van der Waals surface area contributed by atoms with E-state index in [-0.39, 0.29) is 0 Å². The van der Waals surface area contributed by atoms with E-state index in [0.717, 1.165) is 17.8 Å². The highest BCUT2D eigenvalue weighted by molar-refractivity contribution is 6.12. The zero-order valence-electron chi connectivity index (χ0n) is 14.9. The predicted molar refractivity (Wildman–Crippen MR) is 89.3 cm³/mol. The Bertz CT molecular complexity index is 361. The molecule has 1 aliphatic heterocycles. The molecule has 0 aromatic carbocycles. The van der Waals surface area contributed by atoms with E-state index in [1.807, 2.05) is 0 Å². The molecule has 0 aromatic heterocycles. The fourth-order valence-corrected chi connectivity index (χ4v) is 6.04. The average Bonchev–Trinajstić information content (AvgIpc) is 2.87. The SMILES string of the molecule is [B]C1C(C)C(C)C2OC3C(C)C(C)C(C)C(C)C3C2C1C. The second kappa shape index (κ2) is 5.29. The van der Waals surface area contributed by atoms with Gasteiger partial charge in [0.05, 0.1) is 20.1 Å². The third-order valence-electron chi connectivity index (χ3n) is 8.30. The van der Waals surface area contributed by atoms with Crippen molar-refractivity contribution in [3.05, 3.63) is 0 Å². The summed E-state index contributed by atoms with van der Waals surface area (Å²) in [7, 11) is 6.58. The van der Waals surface area contributed by atoms with E-state index in [1.165, 1.54) is 0 Å². The first-order valence-corrected chi connectivity index (χ1v) is 9.18. The molecule has 3 rings (SSSR count). The summed E-state index contributed by atoms with van der Waals surface area (Å²) >= 11 is 0. The van der Waals surface area contributed by atoms with Crippen LogP contribution in [0, 0.1) is 53.3 Å². The second-order valence-electron chi connectivity index (χ2n) is 8.81. The smallest absolute Gasteiger partial charge is 0.0707 e. The van der Waals surface area contributed by atoms with Crippen LogP contribution in [0.4, 0.5) is 0 Å². The standard InChI is InChI=1S/C19H33BO/c1-8-9(2)12(5)18-15(10(8)3)16-14(7)17(20)11(4)13(6)19(16)21-18/h8-19H,1-7H3. The minimum absolute atomic E-state index is 0.334. The maximum atomic E-state index is 6.72. The Labute approximate surface area is 133 Å². The maximum Gasteiger partial charge on any atom is 0.0707 e. The molecule has 3 fully saturated rings. The Morgan fingerprint density at radius 1 is 0.524 bits per heavy atom. The zero-order chi connectivity index (χ0) is 15.6. The lowest BCUT2D eigenvalue weighted by molar-refractivity contribution is -0.0811. The van der Waals surface area contributed by atoms with E-state index in [0.29, 0.717) is 53.5 Å². The van der Waals surface area contributed by atoms with Gasteiger partial charge in [-0.15, -0.1) is 0 Å². The number of fused-ring (bicyclic) bond motifs is 3. The number of hydrogen-bond acceptors (Lipinski definition) is 1. The first kappa shape index (κ1) is 15.9. The summed E-state index contributed by atoms with van der Waals surface area (Å²) in [6.45, 7) is 16.8. The highest BCUT2D eigenvalue weighted by Gasteiger charge is 2.59. The summed E-state index contributed by atoms with van der Waals surface area (Å²) in [6.07, 6.45) is 0.899. The topological polar surface area (TPSA) is 9.23 Å². The van der Waals surface area contributed by atoms with Gasteiger partial charge in [0.25, 0.3) is 0 Å². The number of ether oxygens (including phenoxy) is 1. The molecule has 12 atom stereocenters. The van der Waals surface area contributed by atoms with Crippen LogP contribution in [-0.2, 0) is 4.74 Å². The highest BCUT2D eigenvalue weighted by atomic mass is 16.5. The van der Waals surface area contributed by atoms with Crippen LogP contribution in [-0.4, -0.2) is 20.1 Å². The van der Waals surface area contributed by atoms with Crippen molar-refractivity contribution in [3.8, 4) is 0 Å². The molecule has 0 aromatic rings. The fraction of sp³-hybridized carbons (Fsp3) is 1.00. The monoisotopic (exact) mass is 288 g/mol.